The molecule has 0 radical (unpaired) electrons. The lowest BCUT2D eigenvalue weighted by Crippen LogP contribution is -2.39. The van der Waals surface area contributed by atoms with Crippen molar-refractivity contribution < 1.29 is 4.79 Å². The van der Waals surface area contributed by atoms with E-state index in [0.29, 0.717) is 0 Å². The summed E-state index contributed by atoms with van der Waals surface area (Å²) in [6.45, 7) is 10.3. The van der Waals surface area contributed by atoms with Crippen molar-refractivity contribution >= 4 is 5.78 Å². The predicted molar refractivity (Wildman–Crippen MR) is 77.1 cm³/mol. The Kier molecular flexibility index (Phi) is 6.06. The van der Waals surface area contributed by atoms with Gasteiger partial charge in [0.1, 0.15) is 0 Å². The molecule has 1 unspecified atom stereocenters. The summed E-state index contributed by atoms with van der Waals surface area (Å²) < 4.78 is 0. The summed E-state index contributed by atoms with van der Waals surface area (Å²) in [7, 11) is 0. The van der Waals surface area contributed by atoms with Gasteiger partial charge >= 0.3 is 0 Å². The van der Waals surface area contributed by atoms with Gasteiger partial charge in [-0.15, -0.1) is 0 Å². The summed E-state index contributed by atoms with van der Waals surface area (Å²) in [5.74, 6) is 0.230. The highest BCUT2D eigenvalue weighted by atomic mass is 16.1. The van der Waals surface area contributed by atoms with E-state index >= 15 is 0 Å². The van der Waals surface area contributed by atoms with E-state index in [9.17, 15) is 4.79 Å². The lowest BCUT2D eigenvalue weighted by atomic mass is 10.0. The molecule has 100 valence electrons. The maximum Gasteiger partial charge on any atom is 0.179 e. The zero-order valence-electron chi connectivity index (χ0n) is 12.1. The van der Waals surface area contributed by atoms with Gasteiger partial charge in [-0.2, -0.15) is 0 Å². The SMILES string of the molecule is CCCCN(CC)C(C)C(=O)c1ccc(C)cc1. The Labute approximate surface area is 111 Å². The molecule has 1 atom stereocenters. The standard InChI is InChI=1S/C16H25NO/c1-5-7-12-17(6-2)14(4)16(18)15-10-8-13(3)9-11-15/h8-11,14H,5-7,12H2,1-4H3. The first kappa shape index (κ1) is 14.9. The molecule has 0 saturated heterocycles. The number of benzene rings is 1. The van der Waals surface area contributed by atoms with Crippen molar-refractivity contribution in [3.8, 4) is 0 Å². The number of nitrogens with zero attached hydrogens (tertiary/aromatic N) is 1. The number of likely N-dealkylation sites (N-methyl/N-ethyl adjacent to an activating group) is 1. The van der Waals surface area contributed by atoms with E-state index in [1.807, 2.05) is 38.1 Å². The average molecular weight is 247 g/mol. The van der Waals surface area contributed by atoms with Crippen LogP contribution in [-0.2, 0) is 0 Å². The Morgan fingerprint density at radius 1 is 1.22 bits per heavy atom. The summed E-state index contributed by atoms with van der Waals surface area (Å²) in [5, 5.41) is 0. The fourth-order valence-electron chi connectivity index (χ4n) is 2.11. The number of aryl methyl sites for hydroxylation is 1. The zero-order chi connectivity index (χ0) is 13.5. The maximum atomic E-state index is 12.4. The van der Waals surface area contributed by atoms with Crippen LogP contribution in [0.25, 0.3) is 0 Å². The van der Waals surface area contributed by atoms with Gasteiger partial charge in [0.05, 0.1) is 6.04 Å². The Morgan fingerprint density at radius 3 is 2.33 bits per heavy atom. The van der Waals surface area contributed by atoms with Gasteiger partial charge in [0.2, 0.25) is 0 Å². The second-order valence-electron chi connectivity index (χ2n) is 4.89. The molecule has 0 aliphatic carbocycles. The van der Waals surface area contributed by atoms with Crippen LogP contribution in [0, 0.1) is 6.92 Å². The molecule has 0 heterocycles. The third kappa shape index (κ3) is 3.95. The van der Waals surface area contributed by atoms with Crippen molar-refractivity contribution in [2.24, 2.45) is 0 Å². The largest absolute Gasteiger partial charge is 0.294 e. The molecular weight excluding hydrogens is 222 g/mol. The number of rotatable bonds is 7. The monoisotopic (exact) mass is 247 g/mol. The van der Waals surface area contributed by atoms with Crippen LogP contribution in [0.1, 0.15) is 49.5 Å². The molecule has 0 spiro atoms. The first-order valence-electron chi connectivity index (χ1n) is 6.95. The van der Waals surface area contributed by atoms with E-state index in [1.54, 1.807) is 0 Å². The van der Waals surface area contributed by atoms with Crippen LogP contribution in [0.5, 0.6) is 0 Å². The number of Topliss-reactive ketones (excluding diaryl/α,β-unsaturated/α-hetero) is 1. The van der Waals surface area contributed by atoms with Crippen LogP contribution in [0.4, 0.5) is 0 Å². The molecule has 1 aromatic rings. The Bertz CT molecular complexity index is 369. The molecule has 0 saturated carbocycles. The number of carbonyl (C=O) groups excluding carboxylic acids is 1. The van der Waals surface area contributed by atoms with Crippen LogP contribution in [0.3, 0.4) is 0 Å². The molecule has 1 rings (SSSR count). The Morgan fingerprint density at radius 2 is 1.83 bits per heavy atom. The fraction of sp³-hybridized carbons (Fsp3) is 0.562. The summed E-state index contributed by atoms with van der Waals surface area (Å²) in [4.78, 5) is 14.6. The Hall–Kier alpha value is -1.15. The van der Waals surface area contributed by atoms with E-state index in [4.69, 9.17) is 0 Å². The highest BCUT2D eigenvalue weighted by Crippen LogP contribution is 2.11. The third-order valence-corrected chi connectivity index (χ3v) is 3.47. The summed E-state index contributed by atoms with van der Waals surface area (Å²) in [5.41, 5.74) is 2.01. The van der Waals surface area contributed by atoms with E-state index in [1.165, 1.54) is 12.0 Å². The van der Waals surface area contributed by atoms with Crippen LogP contribution in [0.2, 0.25) is 0 Å². The second-order valence-corrected chi connectivity index (χ2v) is 4.89. The van der Waals surface area contributed by atoms with Crippen molar-refractivity contribution in [2.45, 2.75) is 46.6 Å². The van der Waals surface area contributed by atoms with Crippen LogP contribution < -0.4 is 0 Å². The maximum absolute atomic E-state index is 12.4. The number of hydrogen-bond acceptors (Lipinski definition) is 2. The van der Waals surface area contributed by atoms with Crippen molar-refractivity contribution in [3.63, 3.8) is 0 Å². The highest BCUT2D eigenvalue weighted by molar-refractivity contribution is 5.99. The average Bonchev–Trinajstić information content (AvgIpc) is 2.39. The first-order chi connectivity index (χ1) is 8.60. The smallest absolute Gasteiger partial charge is 0.179 e. The topological polar surface area (TPSA) is 20.3 Å². The minimum Gasteiger partial charge on any atom is -0.294 e. The molecule has 1 aromatic carbocycles. The lowest BCUT2D eigenvalue weighted by Gasteiger charge is -2.26. The van der Waals surface area contributed by atoms with E-state index < -0.39 is 0 Å². The van der Waals surface area contributed by atoms with Gasteiger partial charge in [-0.05, 0) is 33.4 Å². The van der Waals surface area contributed by atoms with E-state index in [0.717, 1.165) is 25.1 Å². The number of ketones is 1. The minimum absolute atomic E-state index is 0.0238. The van der Waals surface area contributed by atoms with Gasteiger partial charge in [0.15, 0.2) is 5.78 Å². The lowest BCUT2D eigenvalue weighted by molar-refractivity contribution is 0.0843. The highest BCUT2D eigenvalue weighted by Gasteiger charge is 2.20. The van der Waals surface area contributed by atoms with Gasteiger partial charge in [-0.25, -0.2) is 0 Å². The predicted octanol–water partition coefficient (Wildman–Crippen LogP) is 3.69. The van der Waals surface area contributed by atoms with Crippen LogP contribution in [0.15, 0.2) is 24.3 Å². The number of carbonyl (C=O) groups is 1. The number of unbranched alkanes of at least 4 members (excludes halogenated alkanes) is 1. The summed E-state index contributed by atoms with van der Waals surface area (Å²) in [6.07, 6.45) is 2.32. The molecule has 0 fully saturated rings. The Balaban J connectivity index is 2.72. The van der Waals surface area contributed by atoms with Crippen LogP contribution >= 0.6 is 0 Å². The molecule has 0 aliphatic rings. The molecule has 0 bridgehead atoms. The van der Waals surface area contributed by atoms with Gasteiger partial charge in [0, 0.05) is 5.56 Å². The fourth-order valence-corrected chi connectivity index (χ4v) is 2.11. The van der Waals surface area contributed by atoms with Gasteiger partial charge in [-0.1, -0.05) is 50.1 Å². The molecular formula is C16H25NO. The summed E-state index contributed by atoms with van der Waals surface area (Å²) in [6, 6.07) is 7.85. The van der Waals surface area contributed by atoms with Gasteiger partial charge < -0.3 is 0 Å². The van der Waals surface area contributed by atoms with Crippen molar-refractivity contribution in [1.82, 2.24) is 4.90 Å². The molecule has 2 heteroatoms. The normalized spacial score (nSPS) is 12.7. The molecule has 0 aliphatic heterocycles. The van der Waals surface area contributed by atoms with Crippen LogP contribution in [-0.4, -0.2) is 29.8 Å². The zero-order valence-corrected chi connectivity index (χ0v) is 12.1. The van der Waals surface area contributed by atoms with Crippen molar-refractivity contribution in [3.05, 3.63) is 35.4 Å². The van der Waals surface area contributed by atoms with Gasteiger partial charge in [0.25, 0.3) is 0 Å². The molecule has 0 amide bonds. The van der Waals surface area contributed by atoms with Crippen molar-refractivity contribution in [2.75, 3.05) is 13.1 Å². The van der Waals surface area contributed by atoms with E-state index in [2.05, 4.69) is 18.7 Å². The molecule has 2 nitrogen and oxygen atoms in total. The second kappa shape index (κ2) is 7.32. The summed E-state index contributed by atoms with van der Waals surface area (Å²) >= 11 is 0. The first-order valence-corrected chi connectivity index (χ1v) is 6.95. The molecule has 18 heavy (non-hydrogen) atoms. The van der Waals surface area contributed by atoms with E-state index in [-0.39, 0.29) is 11.8 Å². The molecule has 0 aromatic heterocycles. The quantitative estimate of drug-likeness (QED) is 0.685. The van der Waals surface area contributed by atoms with Crippen molar-refractivity contribution in [1.29, 1.82) is 0 Å². The number of hydrogen-bond donors (Lipinski definition) is 0. The third-order valence-electron chi connectivity index (χ3n) is 3.47. The minimum atomic E-state index is -0.0238. The molecule has 0 N–H and O–H groups in total. The van der Waals surface area contributed by atoms with Gasteiger partial charge in [-0.3, -0.25) is 9.69 Å².